The summed E-state index contributed by atoms with van der Waals surface area (Å²) in [5.41, 5.74) is 1.47. The van der Waals surface area contributed by atoms with Gasteiger partial charge in [-0.05, 0) is 55.5 Å². The maximum absolute atomic E-state index is 14.4. The smallest absolute Gasteiger partial charge is 0.257 e. The Kier molecular flexibility index (Phi) is 9.33. The molecule has 0 unspecified atom stereocenters. The highest BCUT2D eigenvalue weighted by Crippen LogP contribution is 2.38. The zero-order valence-electron chi connectivity index (χ0n) is 25.4. The van der Waals surface area contributed by atoms with Crippen LogP contribution in [0, 0.1) is 11.2 Å². The fourth-order valence-electron chi connectivity index (χ4n) is 6.36. The van der Waals surface area contributed by atoms with E-state index in [1.54, 1.807) is 41.7 Å². The molecule has 2 aliphatic heterocycles. The van der Waals surface area contributed by atoms with E-state index in [2.05, 4.69) is 14.9 Å². The van der Waals surface area contributed by atoms with E-state index in [-0.39, 0.29) is 22.8 Å². The van der Waals surface area contributed by atoms with E-state index in [9.17, 15) is 14.0 Å². The monoisotopic (exact) mass is 607 g/mol. The summed E-state index contributed by atoms with van der Waals surface area (Å²) in [6, 6.07) is 23.6. The molecule has 45 heavy (non-hydrogen) atoms. The first-order valence-electron chi connectivity index (χ1n) is 15.6. The number of carbonyl (C=O) groups excluding carboxylic acids is 2. The van der Waals surface area contributed by atoms with Gasteiger partial charge in [-0.15, -0.1) is 0 Å². The van der Waals surface area contributed by atoms with Crippen molar-refractivity contribution >= 4 is 17.6 Å². The van der Waals surface area contributed by atoms with Gasteiger partial charge < -0.3 is 19.4 Å². The van der Waals surface area contributed by atoms with Crippen LogP contribution in [0.3, 0.4) is 0 Å². The van der Waals surface area contributed by atoms with Gasteiger partial charge in [0.25, 0.3) is 11.8 Å². The second kappa shape index (κ2) is 13.9. The maximum atomic E-state index is 14.4. The van der Waals surface area contributed by atoms with Crippen molar-refractivity contribution in [1.29, 1.82) is 0 Å². The summed E-state index contributed by atoms with van der Waals surface area (Å²) in [6.07, 6.45) is 8.29. The van der Waals surface area contributed by atoms with Crippen LogP contribution in [0.15, 0.2) is 97.5 Å². The van der Waals surface area contributed by atoms with E-state index < -0.39 is 5.82 Å². The largest absolute Gasteiger partial charge is 0.492 e. The molecule has 0 atom stereocenters. The number of aromatic nitrogens is 2. The fraction of sp³-hybridized carbons (Fsp3) is 0.333. The molecule has 6 rings (SSSR count). The van der Waals surface area contributed by atoms with Crippen molar-refractivity contribution in [2.24, 2.45) is 5.41 Å². The molecule has 2 amide bonds. The average molecular weight is 608 g/mol. The molecule has 3 aromatic carbocycles. The van der Waals surface area contributed by atoms with Gasteiger partial charge in [-0.3, -0.25) is 14.6 Å². The van der Waals surface area contributed by atoms with Crippen LogP contribution in [0.4, 0.5) is 10.2 Å². The molecular formula is C36H38FN5O3. The molecule has 3 heterocycles. The Morgan fingerprint density at radius 2 is 1.60 bits per heavy atom. The number of hydrogen-bond acceptors (Lipinski definition) is 6. The summed E-state index contributed by atoms with van der Waals surface area (Å²) in [5, 5.41) is 0. The Morgan fingerprint density at radius 3 is 2.38 bits per heavy atom. The van der Waals surface area contributed by atoms with E-state index in [4.69, 9.17) is 4.74 Å². The molecule has 0 saturated carbocycles. The van der Waals surface area contributed by atoms with Crippen molar-refractivity contribution in [2.45, 2.75) is 32.2 Å². The Labute approximate surface area is 263 Å². The van der Waals surface area contributed by atoms with Gasteiger partial charge in [0.15, 0.2) is 0 Å². The predicted molar refractivity (Wildman–Crippen MR) is 171 cm³/mol. The molecule has 1 spiro atoms. The molecule has 1 fully saturated rings. The van der Waals surface area contributed by atoms with Crippen molar-refractivity contribution in [2.75, 3.05) is 44.2 Å². The summed E-state index contributed by atoms with van der Waals surface area (Å²) in [6.45, 7) is 3.74. The molecule has 1 aromatic heterocycles. The van der Waals surface area contributed by atoms with Gasteiger partial charge in [0.05, 0.1) is 23.9 Å². The Bertz CT molecular complexity index is 1590. The van der Waals surface area contributed by atoms with E-state index in [0.29, 0.717) is 63.5 Å². The minimum absolute atomic E-state index is 0.0906. The van der Waals surface area contributed by atoms with Crippen LogP contribution in [0.5, 0.6) is 5.75 Å². The number of halogens is 1. The summed E-state index contributed by atoms with van der Waals surface area (Å²) in [5.74, 6) is 0.467. The van der Waals surface area contributed by atoms with Crippen molar-refractivity contribution < 1.29 is 18.7 Å². The number of nitrogens with zero attached hydrogens (tertiary/aromatic N) is 5. The molecule has 0 aliphatic carbocycles. The number of amides is 2. The number of rotatable bonds is 4. The van der Waals surface area contributed by atoms with Gasteiger partial charge in [0, 0.05) is 57.1 Å². The summed E-state index contributed by atoms with van der Waals surface area (Å²) < 4.78 is 20.9. The number of likely N-dealkylation sites (tertiary alicyclic amines) is 1. The molecule has 0 bridgehead atoms. The van der Waals surface area contributed by atoms with Crippen LogP contribution in [-0.2, 0) is 6.54 Å². The number of benzene rings is 3. The van der Waals surface area contributed by atoms with E-state index in [0.717, 1.165) is 30.8 Å². The third kappa shape index (κ3) is 7.14. The van der Waals surface area contributed by atoms with Gasteiger partial charge in [0.2, 0.25) is 0 Å². The number of ether oxygens (including phenoxy) is 1. The SMILES string of the molecule is O=C(c1ccccc1F)N1CCC2(CCCN(c3cnccn3)CCN(Cc3ccccc3)C(=O)c3ccccc3OC2)CC1. The lowest BCUT2D eigenvalue weighted by Gasteiger charge is -2.42. The lowest BCUT2D eigenvalue weighted by molar-refractivity contribution is 0.0361. The average Bonchev–Trinajstić information content (AvgIpc) is 3.09. The van der Waals surface area contributed by atoms with Crippen LogP contribution in [0.1, 0.15) is 52.0 Å². The van der Waals surface area contributed by atoms with Crippen molar-refractivity contribution in [3.05, 3.63) is 120 Å². The van der Waals surface area contributed by atoms with E-state index in [1.807, 2.05) is 59.5 Å². The first-order chi connectivity index (χ1) is 22.0. The van der Waals surface area contributed by atoms with Crippen molar-refractivity contribution in [3.8, 4) is 5.75 Å². The highest BCUT2D eigenvalue weighted by Gasteiger charge is 2.38. The van der Waals surface area contributed by atoms with Crippen molar-refractivity contribution in [3.63, 3.8) is 0 Å². The zero-order chi connectivity index (χ0) is 31.1. The number of hydrogen-bond donors (Lipinski definition) is 0. The highest BCUT2D eigenvalue weighted by molar-refractivity contribution is 5.97. The first-order valence-corrected chi connectivity index (χ1v) is 15.6. The minimum atomic E-state index is -0.500. The third-order valence-corrected chi connectivity index (χ3v) is 9.02. The van der Waals surface area contributed by atoms with Crippen molar-refractivity contribution in [1.82, 2.24) is 19.8 Å². The molecular weight excluding hydrogens is 569 g/mol. The lowest BCUT2D eigenvalue weighted by atomic mass is 9.75. The quantitative estimate of drug-likeness (QED) is 0.289. The van der Waals surface area contributed by atoms with Crippen LogP contribution >= 0.6 is 0 Å². The first kappa shape index (κ1) is 30.2. The second-order valence-corrected chi connectivity index (χ2v) is 11.9. The zero-order valence-corrected chi connectivity index (χ0v) is 25.4. The summed E-state index contributed by atoms with van der Waals surface area (Å²) in [7, 11) is 0. The Hall–Kier alpha value is -4.79. The minimum Gasteiger partial charge on any atom is -0.492 e. The Balaban J connectivity index is 1.27. The van der Waals surface area contributed by atoms with Crippen LogP contribution in [0.2, 0.25) is 0 Å². The fourth-order valence-corrected chi connectivity index (χ4v) is 6.36. The van der Waals surface area contributed by atoms with Gasteiger partial charge in [-0.2, -0.15) is 0 Å². The molecule has 232 valence electrons. The number of fused-ring (bicyclic) bond motifs is 1. The van der Waals surface area contributed by atoms with E-state index >= 15 is 0 Å². The van der Waals surface area contributed by atoms with Gasteiger partial charge in [-0.25, -0.2) is 9.37 Å². The number of para-hydroxylation sites is 1. The molecule has 1 saturated heterocycles. The molecule has 0 N–H and O–H groups in total. The third-order valence-electron chi connectivity index (χ3n) is 9.02. The normalized spacial score (nSPS) is 17.4. The molecule has 8 nitrogen and oxygen atoms in total. The van der Waals surface area contributed by atoms with Gasteiger partial charge >= 0.3 is 0 Å². The summed E-state index contributed by atoms with van der Waals surface area (Å²) >= 11 is 0. The predicted octanol–water partition coefficient (Wildman–Crippen LogP) is 5.86. The Morgan fingerprint density at radius 1 is 0.844 bits per heavy atom. The standard InChI is InChI=1S/C36H38FN5O3/c37-31-13-6-4-11-29(31)34(43)41-21-16-36(17-22-41)15-8-20-40(33-25-38-18-19-39-33)23-24-42(26-28-9-2-1-3-10-28)35(44)30-12-5-7-14-32(30)45-27-36/h1-7,9-14,18-19,25H,8,15-17,20-24,26-27H2. The van der Waals surface area contributed by atoms with Gasteiger partial charge in [0.1, 0.15) is 17.4 Å². The topological polar surface area (TPSA) is 78.9 Å². The highest BCUT2D eigenvalue weighted by atomic mass is 19.1. The molecule has 9 heteroatoms. The second-order valence-electron chi connectivity index (χ2n) is 11.9. The molecule has 4 aromatic rings. The van der Waals surface area contributed by atoms with Crippen LogP contribution in [0.25, 0.3) is 0 Å². The summed E-state index contributed by atoms with van der Waals surface area (Å²) in [4.78, 5) is 42.1. The van der Waals surface area contributed by atoms with E-state index in [1.165, 1.54) is 6.07 Å². The molecule has 0 radical (unpaired) electrons. The van der Waals surface area contributed by atoms with Gasteiger partial charge in [-0.1, -0.05) is 54.6 Å². The van der Waals surface area contributed by atoms with Crippen LogP contribution < -0.4 is 9.64 Å². The number of carbonyl (C=O) groups is 2. The molecule has 2 aliphatic rings. The maximum Gasteiger partial charge on any atom is 0.257 e. The number of anilines is 1. The number of piperidine rings is 1. The lowest BCUT2D eigenvalue weighted by Crippen LogP contribution is -2.46. The van der Waals surface area contributed by atoms with Crippen LogP contribution in [-0.4, -0.2) is 70.9 Å².